The van der Waals surface area contributed by atoms with Gasteiger partial charge in [0.15, 0.2) is 0 Å². The molecule has 0 unspecified atom stereocenters. The Kier molecular flexibility index (Phi) is 5.41. The highest BCUT2D eigenvalue weighted by molar-refractivity contribution is 7.69. The van der Waals surface area contributed by atoms with E-state index >= 15 is 4.57 Å². The van der Waals surface area contributed by atoms with Gasteiger partial charge < -0.3 is 4.90 Å². The van der Waals surface area contributed by atoms with Gasteiger partial charge in [-0.2, -0.15) is 9.88 Å². The maximum absolute atomic E-state index is 15.3. The Balaban J connectivity index is 1.69. The van der Waals surface area contributed by atoms with Gasteiger partial charge in [-0.25, -0.2) is 4.67 Å². The first-order valence-electron chi connectivity index (χ1n) is 11.9. The van der Waals surface area contributed by atoms with Gasteiger partial charge in [0.1, 0.15) is 11.0 Å². The average molecular weight is 428 g/mol. The Labute approximate surface area is 181 Å². The van der Waals surface area contributed by atoms with E-state index in [1.165, 1.54) is 44.5 Å². The zero-order valence-corrected chi connectivity index (χ0v) is 19.5. The van der Waals surface area contributed by atoms with Crippen molar-refractivity contribution in [3.63, 3.8) is 0 Å². The Morgan fingerprint density at radius 3 is 2.27 bits per heavy atom. The minimum atomic E-state index is -2.98. The second-order valence-electron chi connectivity index (χ2n) is 10.2. The highest BCUT2D eigenvalue weighted by Crippen LogP contribution is 2.68. The summed E-state index contributed by atoms with van der Waals surface area (Å²) in [6, 6.07) is 10.2. The van der Waals surface area contributed by atoms with E-state index in [1.807, 2.05) is 23.0 Å². The maximum atomic E-state index is 15.3. The molecule has 2 fully saturated rings. The Morgan fingerprint density at radius 1 is 0.933 bits per heavy atom. The van der Waals surface area contributed by atoms with E-state index in [0.29, 0.717) is 0 Å². The molecule has 30 heavy (non-hydrogen) atoms. The van der Waals surface area contributed by atoms with Crippen molar-refractivity contribution in [1.82, 2.24) is 4.67 Å². The van der Waals surface area contributed by atoms with Crippen molar-refractivity contribution in [2.45, 2.75) is 65.2 Å². The smallest absolute Gasteiger partial charge is 0.296 e. The van der Waals surface area contributed by atoms with Crippen LogP contribution in [0.5, 0.6) is 0 Å². The van der Waals surface area contributed by atoms with Gasteiger partial charge in [0.05, 0.1) is 24.5 Å². The van der Waals surface area contributed by atoms with Gasteiger partial charge in [0.25, 0.3) is 7.44 Å². The molecule has 0 amide bonds. The number of nitrogens with zero attached hydrogens (tertiary/aromatic N) is 3. The molecule has 1 atom stereocenters. The van der Waals surface area contributed by atoms with Crippen molar-refractivity contribution in [2.24, 2.45) is 10.5 Å². The number of fused-ring (bicyclic) bond motifs is 1. The molecule has 1 aromatic carbocycles. The van der Waals surface area contributed by atoms with Crippen molar-refractivity contribution in [1.29, 1.82) is 0 Å². The first-order valence-corrected chi connectivity index (χ1v) is 13.5. The number of para-hydroxylation sites is 1. The van der Waals surface area contributed by atoms with Crippen molar-refractivity contribution in [3.05, 3.63) is 41.3 Å². The number of hydrazone groups is 1. The summed E-state index contributed by atoms with van der Waals surface area (Å²) < 4.78 is 19.5. The number of hydrogen-bond donors (Lipinski definition) is 1. The highest BCUT2D eigenvalue weighted by Gasteiger charge is 2.55. The van der Waals surface area contributed by atoms with Gasteiger partial charge in [-0.3, -0.25) is 4.57 Å². The van der Waals surface area contributed by atoms with Crippen molar-refractivity contribution in [3.8, 4) is 0 Å². The fraction of sp³-hybridized carbons (Fsp3) is 0.625. The molecule has 0 saturated carbocycles. The van der Waals surface area contributed by atoms with E-state index in [9.17, 15) is 0 Å². The predicted octanol–water partition coefficient (Wildman–Crippen LogP) is 4.64. The summed E-state index contributed by atoms with van der Waals surface area (Å²) in [5.41, 5.74) is 3.64. The van der Waals surface area contributed by atoms with Crippen molar-refractivity contribution in [2.75, 3.05) is 31.0 Å². The van der Waals surface area contributed by atoms with Gasteiger partial charge in [-0.05, 0) is 36.8 Å². The second kappa shape index (κ2) is 7.93. The first kappa shape index (κ1) is 20.5. The molecule has 0 spiro atoms. The number of nitrogens with one attached hydrogen (secondary N) is 1. The average Bonchev–Trinajstić information content (AvgIpc) is 3.26. The zero-order chi connectivity index (χ0) is 20.8. The minimum Gasteiger partial charge on any atom is -0.305 e. The summed E-state index contributed by atoms with van der Waals surface area (Å²) in [5, 5.41) is 6.26. The lowest BCUT2D eigenvalue weighted by Crippen LogP contribution is -3.08. The van der Waals surface area contributed by atoms with E-state index in [2.05, 4.69) is 30.7 Å². The molecule has 1 aromatic rings. The first-order chi connectivity index (χ1) is 14.5. The summed E-state index contributed by atoms with van der Waals surface area (Å²) in [7, 11) is -2.98. The third-order valence-corrected chi connectivity index (χ3v) is 10.3. The second-order valence-corrected chi connectivity index (χ2v) is 12.7. The molecule has 5 rings (SSSR count). The van der Waals surface area contributed by atoms with Crippen LogP contribution in [0.25, 0.3) is 0 Å². The number of likely N-dealkylation sites (tertiary alicyclic amines) is 1. The van der Waals surface area contributed by atoms with E-state index in [4.69, 9.17) is 5.10 Å². The molecule has 0 radical (unpaired) electrons. The largest absolute Gasteiger partial charge is 0.305 e. The summed E-state index contributed by atoms with van der Waals surface area (Å²) in [6.45, 7) is 8.88. The molecule has 3 aliphatic heterocycles. The van der Waals surface area contributed by atoms with Gasteiger partial charge in [0, 0.05) is 32.4 Å². The number of anilines is 1. The normalized spacial score (nSPS) is 30.3. The molecule has 1 aliphatic carbocycles. The molecule has 0 aromatic heterocycles. The van der Waals surface area contributed by atoms with E-state index in [1.54, 1.807) is 4.90 Å². The number of hydrogen-bond acceptors (Lipinski definition) is 2. The zero-order valence-electron chi connectivity index (χ0n) is 18.6. The summed E-state index contributed by atoms with van der Waals surface area (Å²) in [4.78, 5) is 1.57. The maximum Gasteiger partial charge on any atom is 0.296 e. The third-order valence-electron chi connectivity index (χ3n) is 7.21. The Hall–Kier alpha value is -1.42. The van der Waals surface area contributed by atoms with Crippen LogP contribution in [0.2, 0.25) is 0 Å². The number of allylic oxidation sites excluding steroid dienone is 2. The number of quaternary nitrogens is 1. The molecule has 162 valence electrons. The molecule has 3 heterocycles. The SMILES string of the molecule is CC1(C)CC2=NN(c3ccccc3)[P@](=O)(N3CCCCCC3)C2=C([NH+]2CCCC2)C1. The lowest BCUT2D eigenvalue weighted by Gasteiger charge is -2.38. The van der Waals surface area contributed by atoms with Crippen LogP contribution in [0.3, 0.4) is 0 Å². The number of benzene rings is 1. The van der Waals surface area contributed by atoms with Gasteiger partial charge >= 0.3 is 0 Å². The molecule has 2 saturated heterocycles. The topological polar surface area (TPSA) is 40.4 Å². The van der Waals surface area contributed by atoms with Crippen LogP contribution in [0.1, 0.15) is 65.2 Å². The van der Waals surface area contributed by atoms with Crippen LogP contribution < -0.4 is 9.68 Å². The molecular formula is C24H36N4OP+. The fourth-order valence-corrected chi connectivity index (χ4v) is 9.05. The Bertz CT molecular complexity index is 893. The molecule has 0 bridgehead atoms. The molecule has 6 heteroatoms. The van der Waals surface area contributed by atoms with Crippen molar-refractivity contribution >= 4 is 18.8 Å². The van der Waals surface area contributed by atoms with Gasteiger partial charge in [-0.15, -0.1) is 0 Å². The van der Waals surface area contributed by atoms with Crippen LogP contribution in [0.4, 0.5) is 5.69 Å². The minimum absolute atomic E-state index is 0.170. The summed E-state index contributed by atoms with van der Waals surface area (Å²) >= 11 is 0. The quantitative estimate of drug-likeness (QED) is 0.715. The van der Waals surface area contributed by atoms with Crippen LogP contribution in [-0.4, -0.2) is 36.6 Å². The van der Waals surface area contributed by atoms with Crippen LogP contribution in [-0.2, 0) is 4.57 Å². The summed E-state index contributed by atoms with van der Waals surface area (Å²) in [6.07, 6.45) is 9.25. The highest BCUT2D eigenvalue weighted by atomic mass is 31.2. The van der Waals surface area contributed by atoms with Gasteiger partial charge in [-0.1, -0.05) is 44.9 Å². The van der Waals surface area contributed by atoms with Crippen LogP contribution in [0, 0.1) is 5.41 Å². The number of rotatable bonds is 3. The van der Waals surface area contributed by atoms with Crippen molar-refractivity contribution < 1.29 is 9.46 Å². The molecular weight excluding hydrogens is 391 g/mol. The Morgan fingerprint density at radius 2 is 1.60 bits per heavy atom. The van der Waals surface area contributed by atoms with E-state index < -0.39 is 7.44 Å². The summed E-state index contributed by atoms with van der Waals surface area (Å²) in [5.74, 6) is 0. The monoisotopic (exact) mass is 427 g/mol. The standard InChI is InChI=1S/C24H35N4OP/c1-24(2)18-21-23(22(19-24)26-14-10-11-15-26)30(29,27-16-8-3-4-9-17-27)28(25-21)20-12-6-5-7-13-20/h5-7,12-13H,3-4,8-11,14-19H2,1-2H3/p+1/t30-/m1/s1. The van der Waals surface area contributed by atoms with Crippen LogP contribution in [0.15, 0.2) is 46.4 Å². The van der Waals surface area contributed by atoms with Crippen LogP contribution >= 0.6 is 7.44 Å². The van der Waals surface area contributed by atoms with E-state index in [-0.39, 0.29) is 5.41 Å². The van der Waals surface area contributed by atoms with E-state index in [0.717, 1.165) is 55.5 Å². The van der Waals surface area contributed by atoms with Gasteiger partial charge in [0.2, 0.25) is 0 Å². The predicted molar refractivity (Wildman–Crippen MR) is 124 cm³/mol. The fourth-order valence-electron chi connectivity index (χ4n) is 5.79. The molecule has 4 aliphatic rings. The lowest BCUT2D eigenvalue weighted by molar-refractivity contribution is -0.849. The molecule has 1 N–H and O–H groups in total. The molecule has 5 nitrogen and oxygen atoms in total. The third kappa shape index (κ3) is 3.49. The lowest BCUT2D eigenvalue weighted by atomic mass is 9.78.